The number of carbonyl (C=O) groups is 1. The maximum absolute atomic E-state index is 14.5. The summed E-state index contributed by atoms with van der Waals surface area (Å²) in [6, 6.07) is 1.19. The molecule has 1 aromatic heterocycles. The Bertz CT molecular complexity index is 1400. The van der Waals surface area contributed by atoms with Gasteiger partial charge >= 0.3 is 17.7 Å². The van der Waals surface area contributed by atoms with Crippen molar-refractivity contribution in [2.24, 2.45) is 40.4 Å². The maximum Gasteiger partial charge on any atom is 0.413 e. The number of carbonyl (C=O) groups excluding carboxylic acids is 1. The maximum atomic E-state index is 14.5. The second-order valence-electron chi connectivity index (χ2n) is 16.0. The Hall–Kier alpha value is -2.37. The first-order valence-electron chi connectivity index (χ1n) is 18.9. The molecule has 1 aromatic rings. The number of aliphatic hydroxyl groups is 2. The van der Waals surface area contributed by atoms with Crippen LogP contribution in [0.5, 0.6) is 0 Å². The third kappa shape index (κ3) is 7.23. The van der Waals surface area contributed by atoms with Gasteiger partial charge in [-0.3, -0.25) is 9.88 Å². The number of amides is 1. The van der Waals surface area contributed by atoms with Gasteiger partial charge in [-0.2, -0.15) is 13.8 Å². The number of ether oxygens (including phenoxy) is 2. The van der Waals surface area contributed by atoms with Crippen LogP contribution in [0.25, 0.3) is 0 Å². The average molecular weight is 692 g/mol. The molecule has 9 nitrogen and oxygen atoms in total. The molecule has 4 aliphatic carbocycles. The Morgan fingerprint density at radius 2 is 1.90 bits per heavy atom. The number of halogens is 2. The van der Waals surface area contributed by atoms with E-state index < -0.39 is 42.7 Å². The molecule has 2 heterocycles. The van der Waals surface area contributed by atoms with Gasteiger partial charge in [0.15, 0.2) is 6.10 Å². The van der Waals surface area contributed by atoms with Crippen LogP contribution in [0.3, 0.4) is 0 Å². The van der Waals surface area contributed by atoms with Crippen LogP contribution in [-0.4, -0.2) is 56.7 Å². The number of hydrogen-bond donors (Lipinski definition) is 3. The molecule has 3 saturated carbocycles. The van der Waals surface area contributed by atoms with Crippen molar-refractivity contribution in [1.82, 2.24) is 9.55 Å². The zero-order chi connectivity index (χ0) is 35.7. The number of unbranched alkanes of at least 4 members (excludes halogenated alkanes) is 1. The first-order chi connectivity index (χ1) is 23.3. The predicted octanol–water partition coefficient (Wildman–Crippen LogP) is 7.87. The lowest BCUT2D eigenvalue weighted by molar-refractivity contribution is -0.140. The molecule has 0 radical (unpaired) electrons. The van der Waals surface area contributed by atoms with E-state index in [0.29, 0.717) is 22.3 Å². The number of nitrogens with one attached hydrogen (secondary N) is 1. The Morgan fingerprint density at radius 3 is 2.57 bits per heavy atom. The number of nitrogens with zero attached hydrogens (tertiary/aromatic N) is 2. The van der Waals surface area contributed by atoms with Gasteiger partial charge in [0.05, 0.1) is 6.61 Å². The fourth-order valence-corrected chi connectivity index (χ4v) is 10.3. The average Bonchev–Trinajstić information content (AvgIpc) is 3.52. The minimum atomic E-state index is -3.82. The highest BCUT2D eigenvalue weighted by atomic mass is 19.3. The highest BCUT2D eigenvalue weighted by molar-refractivity contribution is 5.83. The Kier molecular flexibility index (Phi) is 11.7. The summed E-state index contributed by atoms with van der Waals surface area (Å²) in [5.41, 5.74) is 0.879. The van der Waals surface area contributed by atoms with E-state index in [1.165, 1.54) is 63.0 Å². The number of aliphatic hydroxyl groups excluding tert-OH is 2. The van der Waals surface area contributed by atoms with Gasteiger partial charge in [0, 0.05) is 12.6 Å². The Balaban J connectivity index is 0.00000230. The molecule has 3 N–H and O–H groups in total. The lowest BCUT2D eigenvalue weighted by Crippen LogP contribution is -2.50. The number of aromatic nitrogens is 2. The van der Waals surface area contributed by atoms with E-state index in [0.717, 1.165) is 49.1 Å². The molecule has 5 aliphatic rings. The minimum absolute atomic E-state index is 0.120. The van der Waals surface area contributed by atoms with E-state index in [-0.39, 0.29) is 17.3 Å². The second-order valence-corrected chi connectivity index (χ2v) is 16.0. The molecular weight excluding hydrogens is 632 g/mol. The number of anilines is 1. The van der Waals surface area contributed by atoms with Crippen LogP contribution in [-0.2, 0) is 9.47 Å². The fourth-order valence-electron chi connectivity index (χ4n) is 10.3. The van der Waals surface area contributed by atoms with Crippen LogP contribution in [0.15, 0.2) is 28.7 Å². The van der Waals surface area contributed by atoms with Crippen LogP contribution in [0, 0.1) is 40.4 Å². The van der Waals surface area contributed by atoms with Gasteiger partial charge in [0.2, 0.25) is 6.23 Å². The summed E-state index contributed by atoms with van der Waals surface area (Å²) in [5.74, 6) is -0.139. The van der Waals surface area contributed by atoms with Gasteiger partial charge in [0.1, 0.15) is 18.0 Å². The number of allylic oxidation sites excluding steroid dienone is 1. The first-order valence-corrected chi connectivity index (χ1v) is 18.9. The normalized spacial score (nSPS) is 37.7. The Morgan fingerprint density at radius 1 is 1.14 bits per heavy atom. The second kappa shape index (κ2) is 15.1. The van der Waals surface area contributed by atoms with E-state index in [1.54, 1.807) is 0 Å². The molecule has 276 valence electrons. The van der Waals surface area contributed by atoms with Crippen molar-refractivity contribution in [3.8, 4) is 0 Å². The van der Waals surface area contributed by atoms with Crippen LogP contribution in [0.2, 0.25) is 0 Å². The largest absolute Gasteiger partial charge is 0.446 e. The summed E-state index contributed by atoms with van der Waals surface area (Å²) >= 11 is 0. The van der Waals surface area contributed by atoms with Crippen molar-refractivity contribution in [3.05, 3.63) is 34.4 Å². The summed E-state index contributed by atoms with van der Waals surface area (Å²) in [5, 5.41) is 21.4. The monoisotopic (exact) mass is 691 g/mol. The summed E-state index contributed by atoms with van der Waals surface area (Å²) in [7, 11) is 0. The fraction of sp³-hybridized carbons (Fsp3) is 0.816. The smallest absolute Gasteiger partial charge is 0.413 e. The molecule has 0 bridgehead atoms. The molecule has 4 fully saturated rings. The highest BCUT2D eigenvalue weighted by Gasteiger charge is 2.60. The van der Waals surface area contributed by atoms with E-state index in [2.05, 4.69) is 44.1 Å². The molecule has 10 unspecified atom stereocenters. The van der Waals surface area contributed by atoms with Crippen LogP contribution < -0.4 is 11.0 Å². The van der Waals surface area contributed by atoms with Crippen LogP contribution in [0.4, 0.5) is 19.4 Å². The van der Waals surface area contributed by atoms with Gasteiger partial charge in [0.25, 0.3) is 0 Å². The van der Waals surface area contributed by atoms with Crippen molar-refractivity contribution in [2.45, 2.75) is 149 Å². The van der Waals surface area contributed by atoms with Gasteiger partial charge < -0.3 is 19.7 Å². The lowest BCUT2D eigenvalue weighted by atomic mass is 9.47. The zero-order valence-electron chi connectivity index (χ0n) is 30.3. The van der Waals surface area contributed by atoms with Crippen molar-refractivity contribution < 1.29 is 33.3 Å². The SMILES string of the molecule is CC.CC(C)CCCCC1CCC2C3CC=C4CC(OC(=O)Nc5ccn(C6OC(CO)C(O)C6(F)F)c(=O)n5)CCC4(C)C3CCC12C. The van der Waals surface area contributed by atoms with E-state index >= 15 is 0 Å². The molecule has 0 aromatic carbocycles. The van der Waals surface area contributed by atoms with Gasteiger partial charge in [-0.1, -0.05) is 72.5 Å². The molecule has 10 atom stereocenters. The quantitative estimate of drug-likeness (QED) is 0.178. The molecule has 49 heavy (non-hydrogen) atoms. The molecule has 11 heteroatoms. The summed E-state index contributed by atoms with van der Waals surface area (Å²) < 4.78 is 40.4. The number of fused-ring (bicyclic) bond motifs is 5. The first kappa shape index (κ1) is 37.9. The lowest BCUT2D eigenvalue weighted by Gasteiger charge is -2.58. The van der Waals surface area contributed by atoms with Crippen LogP contribution >= 0.6 is 0 Å². The minimum Gasteiger partial charge on any atom is -0.446 e. The number of hydrogen-bond acceptors (Lipinski definition) is 7. The van der Waals surface area contributed by atoms with Crippen molar-refractivity contribution >= 4 is 11.9 Å². The zero-order valence-corrected chi connectivity index (χ0v) is 30.3. The van der Waals surface area contributed by atoms with Gasteiger partial charge in [-0.25, -0.2) is 9.59 Å². The van der Waals surface area contributed by atoms with E-state index in [4.69, 9.17) is 9.47 Å². The Labute approximate surface area is 290 Å². The molecule has 6 rings (SSSR count). The predicted molar refractivity (Wildman–Crippen MR) is 184 cm³/mol. The van der Waals surface area contributed by atoms with E-state index in [1.807, 2.05) is 13.8 Å². The van der Waals surface area contributed by atoms with Crippen molar-refractivity contribution in [1.29, 1.82) is 0 Å². The van der Waals surface area contributed by atoms with Gasteiger partial charge in [-0.15, -0.1) is 0 Å². The highest BCUT2D eigenvalue weighted by Crippen LogP contribution is 2.67. The molecular formula is C38H59F2N3O6. The number of rotatable bonds is 9. The van der Waals surface area contributed by atoms with Crippen LogP contribution in [0.1, 0.15) is 125 Å². The third-order valence-electron chi connectivity index (χ3n) is 13.0. The molecule has 1 amide bonds. The molecule has 0 spiro atoms. The summed E-state index contributed by atoms with van der Waals surface area (Å²) in [4.78, 5) is 29.1. The van der Waals surface area contributed by atoms with Crippen molar-refractivity contribution in [3.63, 3.8) is 0 Å². The third-order valence-corrected chi connectivity index (χ3v) is 13.0. The number of alkyl halides is 2. The summed E-state index contributed by atoms with van der Waals surface area (Å²) in [6.07, 6.45) is 10.7. The standard InChI is InChI=1S/C36H53F2N3O6.C2H6/c1-21(2)7-5-6-8-22-10-12-26-25-11-9-23-19-24(13-16-35(23,4)27(25)14-17-34(22,26)3)46-33(45)40-29-15-18-41(32(44)39-29)31-36(37,38)30(43)28(20-42)47-31;1-2/h9,15,18,21-22,24-28,30-31,42-43H,5-8,10-14,16-17,19-20H2,1-4H3,(H,39,40,44,45);1-2H3. The summed E-state index contributed by atoms with van der Waals surface area (Å²) in [6.45, 7) is 12.8. The molecule has 1 saturated heterocycles. The van der Waals surface area contributed by atoms with E-state index in [9.17, 15) is 28.6 Å². The molecule has 1 aliphatic heterocycles. The van der Waals surface area contributed by atoms with Crippen molar-refractivity contribution in [2.75, 3.05) is 11.9 Å². The van der Waals surface area contributed by atoms with Gasteiger partial charge in [-0.05, 0) is 97.9 Å². The topological polar surface area (TPSA) is 123 Å².